The van der Waals surface area contributed by atoms with E-state index in [1.165, 1.54) is 10.4 Å². The summed E-state index contributed by atoms with van der Waals surface area (Å²) in [6.45, 7) is 3.30. The third-order valence-electron chi connectivity index (χ3n) is 5.50. The van der Waals surface area contributed by atoms with Crippen molar-refractivity contribution in [2.45, 2.75) is 37.5 Å². The highest BCUT2D eigenvalue weighted by Crippen LogP contribution is 2.30. The molecule has 3 aromatic rings. The van der Waals surface area contributed by atoms with Gasteiger partial charge in [-0.1, -0.05) is 24.6 Å². The first-order chi connectivity index (χ1) is 15.0. The van der Waals surface area contributed by atoms with E-state index in [1.54, 1.807) is 12.1 Å². The largest absolute Gasteiger partial charge is 0.492 e. The fourth-order valence-corrected chi connectivity index (χ4v) is 5.49. The molecule has 1 aliphatic rings. The molecule has 0 aliphatic carbocycles. The molecule has 0 atom stereocenters. The lowest BCUT2D eigenvalue weighted by molar-refractivity contribution is -0.115. The number of benzene rings is 2. The van der Waals surface area contributed by atoms with Gasteiger partial charge in [-0.05, 0) is 49.6 Å². The van der Waals surface area contributed by atoms with Crippen LogP contribution in [-0.4, -0.2) is 43.3 Å². The number of para-hydroxylation sites is 1. The zero-order chi connectivity index (χ0) is 21.8. The number of anilines is 1. The van der Waals surface area contributed by atoms with Crippen LogP contribution in [0.1, 0.15) is 31.7 Å². The molecule has 0 radical (unpaired) electrons. The van der Waals surface area contributed by atoms with Crippen molar-refractivity contribution in [1.82, 2.24) is 9.29 Å². The van der Waals surface area contributed by atoms with Crippen LogP contribution in [0.15, 0.2) is 53.6 Å². The molecule has 0 saturated carbocycles. The highest BCUT2D eigenvalue weighted by atomic mass is 32.2. The lowest BCUT2D eigenvalue weighted by atomic mass is 10.1. The Morgan fingerprint density at radius 2 is 1.90 bits per heavy atom. The number of rotatable bonds is 7. The van der Waals surface area contributed by atoms with E-state index >= 15 is 0 Å². The first kappa shape index (κ1) is 21.4. The number of carbonyl (C=O) groups is 1. The van der Waals surface area contributed by atoms with Gasteiger partial charge in [-0.3, -0.25) is 4.79 Å². The predicted molar refractivity (Wildman–Crippen MR) is 121 cm³/mol. The van der Waals surface area contributed by atoms with Gasteiger partial charge < -0.3 is 15.0 Å². The van der Waals surface area contributed by atoms with E-state index in [0.717, 1.165) is 35.7 Å². The minimum absolute atomic E-state index is 0.165. The topological polar surface area (TPSA) is 91.5 Å². The average Bonchev–Trinajstić information content (AvgIpc) is 3.18. The lowest BCUT2D eigenvalue weighted by Crippen LogP contribution is -2.35. The lowest BCUT2D eigenvalue weighted by Gasteiger charge is -2.26. The Bertz CT molecular complexity index is 1180. The summed E-state index contributed by atoms with van der Waals surface area (Å²) in [6, 6.07) is 12.4. The zero-order valence-corrected chi connectivity index (χ0v) is 18.4. The Kier molecular flexibility index (Phi) is 6.29. The van der Waals surface area contributed by atoms with E-state index < -0.39 is 10.0 Å². The van der Waals surface area contributed by atoms with Crippen molar-refractivity contribution in [2.75, 3.05) is 25.0 Å². The minimum atomic E-state index is -3.61. The number of ether oxygens (including phenoxy) is 1. The van der Waals surface area contributed by atoms with Gasteiger partial charge in [0, 0.05) is 30.2 Å². The maximum atomic E-state index is 13.1. The van der Waals surface area contributed by atoms with E-state index in [-0.39, 0.29) is 17.2 Å². The number of hydrogen-bond acceptors (Lipinski definition) is 4. The number of hydrogen-bond donors (Lipinski definition) is 2. The summed E-state index contributed by atoms with van der Waals surface area (Å²) < 4.78 is 33.3. The Balaban J connectivity index is 1.58. The fraction of sp³-hybridized carbons (Fsp3) is 0.348. The molecule has 7 nitrogen and oxygen atoms in total. The van der Waals surface area contributed by atoms with E-state index in [2.05, 4.69) is 10.3 Å². The summed E-state index contributed by atoms with van der Waals surface area (Å²) in [7, 11) is -3.61. The van der Waals surface area contributed by atoms with E-state index in [4.69, 9.17) is 4.74 Å². The van der Waals surface area contributed by atoms with E-state index in [1.807, 2.05) is 37.4 Å². The molecule has 1 amide bonds. The van der Waals surface area contributed by atoms with Crippen molar-refractivity contribution < 1.29 is 17.9 Å². The molecule has 1 aliphatic heterocycles. The summed E-state index contributed by atoms with van der Waals surface area (Å²) in [4.78, 5) is 16.1. The number of fused-ring (bicyclic) bond motifs is 1. The van der Waals surface area contributed by atoms with Gasteiger partial charge in [-0.2, -0.15) is 4.31 Å². The summed E-state index contributed by atoms with van der Waals surface area (Å²) in [5.74, 6) is 0.214. The molecule has 1 aromatic heterocycles. The second-order valence-corrected chi connectivity index (χ2v) is 9.58. The van der Waals surface area contributed by atoms with Crippen molar-refractivity contribution >= 4 is 32.5 Å². The molecular weight excluding hydrogens is 414 g/mol. The number of amides is 1. The van der Waals surface area contributed by atoms with Crippen molar-refractivity contribution in [3.8, 4) is 5.75 Å². The summed E-state index contributed by atoms with van der Waals surface area (Å²) >= 11 is 0. The van der Waals surface area contributed by atoms with Crippen molar-refractivity contribution in [3.05, 3.63) is 54.2 Å². The molecule has 0 bridgehead atoms. The van der Waals surface area contributed by atoms with Crippen LogP contribution in [0.4, 0.5) is 5.69 Å². The quantitative estimate of drug-likeness (QED) is 0.581. The predicted octanol–water partition coefficient (Wildman–Crippen LogP) is 3.92. The molecule has 1 saturated heterocycles. The van der Waals surface area contributed by atoms with Crippen LogP contribution in [0, 0.1) is 0 Å². The van der Waals surface area contributed by atoms with Crippen LogP contribution in [0.2, 0.25) is 0 Å². The summed E-state index contributed by atoms with van der Waals surface area (Å²) in [5, 5.41) is 3.84. The van der Waals surface area contributed by atoms with Gasteiger partial charge in [0.25, 0.3) is 0 Å². The van der Waals surface area contributed by atoms with E-state index in [9.17, 15) is 13.2 Å². The van der Waals surface area contributed by atoms with Crippen LogP contribution < -0.4 is 10.1 Å². The Hall–Kier alpha value is -2.84. The SMILES string of the molecule is CCOc1ccc(S(=O)(=O)N2CCCCC2)cc1NC(=O)Cc1c[nH]c2ccccc12. The Morgan fingerprint density at radius 3 is 2.68 bits per heavy atom. The summed E-state index contributed by atoms with van der Waals surface area (Å²) in [5.41, 5.74) is 2.21. The molecule has 2 heterocycles. The number of nitrogens with one attached hydrogen (secondary N) is 2. The monoisotopic (exact) mass is 441 g/mol. The molecule has 2 N–H and O–H groups in total. The van der Waals surface area contributed by atoms with Gasteiger partial charge in [0.05, 0.1) is 23.6 Å². The average molecular weight is 442 g/mol. The number of sulfonamides is 1. The van der Waals surface area contributed by atoms with Crippen LogP contribution >= 0.6 is 0 Å². The number of aromatic nitrogens is 1. The second kappa shape index (κ2) is 9.11. The first-order valence-corrected chi connectivity index (χ1v) is 12.0. The minimum Gasteiger partial charge on any atom is -0.492 e. The van der Waals surface area contributed by atoms with Crippen molar-refractivity contribution in [1.29, 1.82) is 0 Å². The maximum absolute atomic E-state index is 13.1. The molecular formula is C23H27N3O4S. The molecule has 0 unspecified atom stereocenters. The van der Waals surface area contributed by atoms with Gasteiger partial charge in [0.2, 0.25) is 15.9 Å². The molecule has 4 rings (SSSR count). The maximum Gasteiger partial charge on any atom is 0.243 e. The Morgan fingerprint density at radius 1 is 1.13 bits per heavy atom. The highest BCUT2D eigenvalue weighted by Gasteiger charge is 2.27. The Labute approximate surface area is 182 Å². The number of carbonyl (C=O) groups excluding carboxylic acids is 1. The smallest absolute Gasteiger partial charge is 0.243 e. The van der Waals surface area contributed by atoms with Crippen LogP contribution in [0.5, 0.6) is 5.75 Å². The second-order valence-electron chi connectivity index (χ2n) is 7.64. The van der Waals surface area contributed by atoms with Gasteiger partial charge in [0.15, 0.2) is 0 Å². The van der Waals surface area contributed by atoms with Gasteiger partial charge in [0.1, 0.15) is 5.75 Å². The number of piperidine rings is 1. The molecule has 8 heteroatoms. The number of nitrogens with zero attached hydrogens (tertiary/aromatic N) is 1. The third kappa shape index (κ3) is 4.60. The first-order valence-electron chi connectivity index (χ1n) is 10.6. The van der Waals surface area contributed by atoms with Crippen molar-refractivity contribution in [2.24, 2.45) is 0 Å². The standard InChI is InChI=1S/C23H27N3O4S/c1-2-30-22-11-10-18(31(28,29)26-12-6-3-7-13-26)15-21(22)25-23(27)14-17-16-24-20-9-5-4-8-19(17)20/h4-5,8-11,15-16,24H,2-3,6-7,12-14H2,1H3,(H,25,27). The molecule has 164 valence electrons. The third-order valence-corrected chi connectivity index (χ3v) is 7.40. The van der Waals surface area contributed by atoms with Gasteiger partial charge in [-0.25, -0.2) is 8.42 Å². The van der Waals surface area contributed by atoms with Crippen LogP contribution in [0.25, 0.3) is 10.9 Å². The van der Waals surface area contributed by atoms with Crippen molar-refractivity contribution in [3.63, 3.8) is 0 Å². The normalized spacial score (nSPS) is 15.1. The van der Waals surface area contributed by atoms with Crippen LogP contribution in [-0.2, 0) is 21.2 Å². The molecule has 0 spiro atoms. The van der Waals surface area contributed by atoms with Gasteiger partial charge >= 0.3 is 0 Å². The number of H-pyrrole nitrogens is 1. The molecule has 2 aromatic carbocycles. The summed E-state index contributed by atoms with van der Waals surface area (Å²) in [6.07, 6.45) is 4.77. The highest BCUT2D eigenvalue weighted by molar-refractivity contribution is 7.89. The van der Waals surface area contributed by atoms with Gasteiger partial charge in [-0.15, -0.1) is 0 Å². The number of aromatic amines is 1. The fourth-order valence-electron chi connectivity index (χ4n) is 3.95. The zero-order valence-electron chi connectivity index (χ0n) is 17.6. The van der Waals surface area contributed by atoms with E-state index in [0.29, 0.717) is 31.1 Å². The van der Waals surface area contributed by atoms with Crippen LogP contribution in [0.3, 0.4) is 0 Å². The molecule has 1 fully saturated rings. The molecule has 31 heavy (non-hydrogen) atoms.